The average molecular weight is 1150 g/mol. The molecule has 6 heteroatoms. The van der Waals surface area contributed by atoms with Gasteiger partial charge < -0.3 is 19.6 Å². The highest BCUT2D eigenvalue weighted by molar-refractivity contribution is 4.93. The molecule has 8 fully saturated rings. The van der Waals surface area contributed by atoms with E-state index in [1.807, 2.05) is 0 Å². The van der Waals surface area contributed by atoms with Gasteiger partial charge in [0.05, 0.1) is 0 Å². The zero-order valence-corrected chi connectivity index (χ0v) is 62.4. The van der Waals surface area contributed by atoms with E-state index in [9.17, 15) is 0 Å². The SMILES string of the molecule is CC(C)C.CC(C)C.CC(C)C.CC(C)C.CC(C)C.CC(C)C.CC(C)N1C2CCCC1CC2.CC(C)N1C2CCCC1CCC2.CC(C)N1CCC1.CC(C)N1CCCC1.CC(C)N1CCCCC1.CC(C)N1CCCCCC1. The Labute approximate surface area is 517 Å². The molecule has 8 heterocycles. The third-order valence-corrected chi connectivity index (χ3v) is 14.9. The smallest absolute Gasteiger partial charge is 0.0101 e. The van der Waals surface area contributed by atoms with E-state index < -0.39 is 0 Å². The summed E-state index contributed by atoms with van der Waals surface area (Å²) in [6, 6.07) is 8.44. The first-order valence-electron chi connectivity index (χ1n) is 36.2. The summed E-state index contributed by atoms with van der Waals surface area (Å²) in [5.41, 5.74) is 0. The van der Waals surface area contributed by atoms with Crippen molar-refractivity contribution in [1.29, 1.82) is 0 Å². The predicted octanol–water partition coefficient (Wildman–Crippen LogP) is 21.9. The molecule has 0 radical (unpaired) electrons. The van der Waals surface area contributed by atoms with Crippen molar-refractivity contribution in [1.82, 2.24) is 29.4 Å². The van der Waals surface area contributed by atoms with Gasteiger partial charge in [-0.05, 0) is 267 Å². The highest BCUT2D eigenvalue weighted by Crippen LogP contribution is 2.37. The molecule has 0 amide bonds. The van der Waals surface area contributed by atoms with Gasteiger partial charge in [-0.2, -0.15) is 0 Å². The van der Waals surface area contributed by atoms with E-state index in [1.54, 1.807) is 0 Å². The van der Waals surface area contributed by atoms with Crippen LogP contribution in [0, 0.1) is 35.5 Å². The largest absolute Gasteiger partial charge is 0.301 e. The Morgan fingerprint density at radius 3 is 0.457 bits per heavy atom. The van der Waals surface area contributed by atoms with Crippen LogP contribution in [-0.4, -0.2) is 142 Å². The Morgan fingerprint density at radius 1 is 0.173 bits per heavy atom. The maximum absolute atomic E-state index is 2.78. The van der Waals surface area contributed by atoms with Gasteiger partial charge in [-0.15, -0.1) is 0 Å². The summed E-state index contributed by atoms with van der Waals surface area (Å²) >= 11 is 0. The number of rotatable bonds is 6. The van der Waals surface area contributed by atoms with E-state index in [-0.39, 0.29) is 0 Å². The molecule has 0 aromatic rings. The maximum atomic E-state index is 2.78. The molecule has 0 aromatic heterocycles. The molecule has 0 saturated carbocycles. The van der Waals surface area contributed by atoms with Gasteiger partial charge in [0.2, 0.25) is 0 Å². The van der Waals surface area contributed by atoms with E-state index in [4.69, 9.17) is 0 Å². The second-order valence-electron chi connectivity index (χ2n) is 31.5. The molecule has 494 valence electrons. The minimum atomic E-state index is 0.762. The van der Waals surface area contributed by atoms with Gasteiger partial charge in [-0.25, -0.2) is 0 Å². The zero-order chi connectivity index (χ0) is 63.2. The summed E-state index contributed by atoms with van der Waals surface area (Å²) in [5.74, 6) is 5.00. The zero-order valence-electron chi connectivity index (χ0n) is 62.4. The number of hydrogen-bond donors (Lipinski definition) is 0. The van der Waals surface area contributed by atoms with Gasteiger partial charge >= 0.3 is 0 Å². The summed E-state index contributed by atoms with van der Waals surface area (Å²) < 4.78 is 0. The van der Waals surface area contributed by atoms with E-state index in [0.717, 1.165) is 95.9 Å². The molecule has 0 N–H and O–H groups in total. The van der Waals surface area contributed by atoms with Crippen molar-refractivity contribution >= 4 is 0 Å². The Bertz CT molecular complexity index is 1130. The molecular weight excluding hydrogens is 985 g/mol. The molecule has 0 aromatic carbocycles. The summed E-state index contributed by atoms with van der Waals surface area (Å²) in [6.45, 7) is 77.2. The van der Waals surface area contributed by atoms with E-state index in [1.165, 1.54) is 187 Å². The first-order valence-corrected chi connectivity index (χ1v) is 36.2. The van der Waals surface area contributed by atoms with Crippen LogP contribution in [0.25, 0.3) is 0 Å². The fourth-order valence-corrected chi connectivity index (χ4v) is 11.4. The normalized spacial score (nSPS) is 23.0. The Balaban J connectivity index is -0.000000409. The van der Waals surface area contributed by atoms with Crippen molar-refractivity contribution in [2.45, 2.75) is 403 Å². The molecule has 8 aliphatic heterocycles. The van der Waals surface area contributed by atoms with Crippen LogP contribution in [0.4, 0.5) is 0 Å². The molecular formula is C75H164N6. The molecule has 8 aliphatic rings. The second-order valence-corrected chi connectivity index (χ2v) is 31.5. The van der Waals surface area contributed by atoms with Crippen molar-refractivity contribution < 1.29 is 0 Å². The van der Waals surface area contributed by atoms with Crippen LogP contribution in [0.5, 0.6) is 0 Å². The van der Waals surface area contributed by atoms with Crippen molar-refractivity contribution in [3.8, 4) is 0 Å². The third kappa shape index (κ3) is 56.1. The quantitative estimate of drug-likeness (QED) is 0.262. The molecule has 2 atom stereocenters. The Hall–Kier alpha value is -0.240. The van der Waals surface area contributed by atoms with Crippen LogP contribution >= 0.6 is 0 Å². The van der Waals surface area contributed by atoms with Crippen molar-refractivity contribution in [2.24, 2.45) is 35.5 Å². The van der Waals surface area contributed by atoms with Gasteiger partial charge in [-0.1, -0.05) is 163 Å². The molecule has 4 bridgehead atoms. The molecule has 0 aliphatic carbocycles. The van der Waals surface area contributed by atoms with Gasteiger partial charge in [0.1, 0.15) is 0 Å². The summed E-state index contributed by atoms with van der Waals surface area (Å²) in [5, 5.41) is 0. The fourth-order valence-electron chi connectivity index (χ4n) is 11.4. The monoisotopic (exact) mass is 1150 g/mol. The van der Waals surface area contributed by atoms with Crippen LogP contribution < -0.4 is 0 Å². The first-order chi connectivity index (χ1) is 37.7. The van der Waals surface area contributed by atoms with Crippen LogP contribution in [0.1, 0.15) is 343 Å². The number of fused-ring (bicyclic) bond motifs is 4. The van der Waals surface area contributed by atoms with Gasteiger partial charge in [-0.3, -0.25) is 9.80 Å². The average Bonchev–Trinajstić information content (AvgIpc) is 3.84. The summed E-state index contributed by atoms with van der Waals surface area (Å²) in [6.07, 6.45) is 30.5. The highest BCUT2D eigenvalue weighted by Gasteiger charge is 2.37. The van der Waals surface area contributed by atoms with E-state index >= 15 is 0 Å². The molecule has 8 saturated heterocycles. The summed E-state index contributed by atoms with van der Waals surface area (Å²) in [4.78, 5) is 15.7. The lowest BCUT2D eigenvalue weighted by Gasteiger charge is -2.48. The van der Waals surface area contributed by atoms with Gasteiger partial charge in [0, 0.05) is 60.4 Å². The molecule has 2 unspecified atom stereocenters. The Kier molecular flexibility index (Phi) is 59.3. The van der Waals surface area contributed by atoms with Crippen LogP contribution in [-0.2, 0) is 0 Å². The maximum Gasteiger partial charge on any atom is 0.0101 e. The van der Waals surface area contributed by atoms with Crippen molar-refractivity contribution in [3.05, 3.63) is 0 Å². The molecule has 8 rings (SSSR count). The number of likely N-dealkylation sites (tertiary alicyclic amines) is 4. The van der Waals surface area contributed by atoms with Gasteiger partial charge in [0.15, 0.2) is 0 Å². The van der Waals surface area contributed by atoms with E-state index in [2.05, 4.69) is 237 Å². The number of hydrogen-bond acceptors (Lipinski definition) is 6. The van der Waals surface area contributed by atoms with Gasteiger partial charge in [0.25, 0.3) is 0 Å². The lowest BCUT2D eigenvalue weighted by molar-refractivity contribution is 0.0140. The second kappa shape index (κ2) is 55.1. The summed E-state index contributed by atoms with van der Waals surface area (Å²) in [7, 11) is 0. The topological polar surface area (TPSA) is 19.4 Å². The lowest BCUT2D eigenvalue weighted by atomic mass is 9.83. The van der Waals surface area contributed by atoms with Crippen LogP contribution in [0.3, 0.4) is 0 Å². The predicted molar refractivity (Wildman–Crippen MR) is 376 cm³/mol. The van der Waals surface area contributed by atoms with Crippen LogP contribution in [0.2, 0.25) is 0 Å². The number of piperidine rings is 4. The lowest BCUT2D eigenvalue weighted by Crippen LogP contribution is -2.52. The van der Waals surface area contributed by atoms with E-state index in [0.29, 0.717) is 0 Å². The number of nitrogens with zero attached hydrogens (tertiary/aromatic N) is 6. The molecule has 0 spiro atoms. The third-order valence-electron chi connectivity index (χ3n) is 14.9. The minimum Gasteiger partial charge on any atom is -0.301 e. The molecule has 6 nitrogen and oxygen atoms in total. The fraction of sp³-hybridized carbons (Fsp3) is 1.00. The van der Waals surface area contributed by atoms with Crippen LogP contribution in [0.15, 0.2) is 0 Å². The van der Waals surface area contributed by atoms with Crippen molar-refractivity contribution in [2.75, 3.05) is 52.4 Å². The molecule has 81 heavy (non-hydrogen) atoms. The minimum absolute atomic E-state index is 0.762. The standard InChI is InChI=1S/C11H21N.C10H19N.C9H19N.C8H17N.C7H15N.C6H13N.6C4H10/c1-9(2)12-10-5-3-6-11(12)8-4-7-10;1-8(2)11-9-4-3-5-10(11)7-6-9;1-9(2)10-7-5-3-4-6-8-10;1-8(2)9-6-4-3-5-7-9;1-7(2)8-5-3-4-6-8;1-6(2)7-4-3-5-7;6*1-4(2)3/h9-11H,3-8H2,1-2H3;8-10H,3-7H2,1-2H3;9H,3-8H2,1-2H3;8H,3-7H2,1-2H3;7H,3-6H2,1-2H3;6H,3-5H2,1-2H3;6*4H,1-3H3. The highest BCUT2D eigenvalue weighted by atomic mass is 15.2. The first kappa shape index (κ1) is 87.2. The van der Waals surface area contributed by atoms with Crippen molar-refractivity contribution in [3.63, 3.8) is 0 Å². The Morgan fingerprint density at radius 2 is 0.321 bits per heavy atom.